The molecule has 1 fully saturated rings. The molecule has 0 aromatic rings. The summed E-state index contributed by atoms with van der Waals surface area (Å²) in [5, 5.41) is 11.4. The van der Waals surface area contributed by atoms with Crippen LogP contribution in [-0.2, 0) is 9.53 Å². The third kappa shape index (κ3) is 2.87. The molecule has 0 radical (unpaired) electrons. The SMILES string of the molecule is CCC1CC1C(C)C(NC(=O)OC)C(=O)O. The van der Waals surface area contributed by atoms with E-state index in [4.69, 9.17) is 5.11 Å². The van der Waals surface area contributed by atoms with E-state index in [0.717, 1.165) is 12.8 Å². The van der Waals surface area contributed by atoms with Crippen molar-refractivity contribution in [1.29, 1.82) is 0 Å². The predicted octanol–water partition coefficient (Wildman–Crippen LogP) is 1.48. The molecule has 0 saturated heterocycles. The van der Waals surface area contributed by atoms with Gasteiger partial charge in [-0.15, -0.1) is 0 Å². The van der Waals surface area contributed by atoms with E-state index in [1.807, 2.05) is 6.92 Å². The van der Waals surface area contributed by atoms with Crippen LogP contribution in [0, 0.1) is 17.8 Å². The number of hydrogen-bond acceptors (Lipinski definition) is 3. The normalized spacial score (nSPS) is 26.7. The van der Waals surface area contributed by atoms with E-state index in [-0.39, 0.29) is 5.92 Å². The van der Waals surface area contributed by atoms with Crippen LogP contribution >= 0.6 is 0 Å². The first-order valence-corrected chi connectivity index (χ1v) is 5.58. The second-order valence-corrected chi connectivity index (χ2v) is 4.38. The molecule has 5 nitrogen and oxygen atoms in total. The van der Waals surface area contributed by atoms with Crippen LogP contribution in [0.25, 0.3) is 0 Å². The minimum Gasteiger partial charge on any atom is -0.480 e. The Labute approximate surface area is 95.2 Å². The summed E-state index contributed by atoms with van der Waals surface area (Å²) in [6.07, 6.45) is 1.44. The molecule has 0 heterocycles. The Hall–Kier alpha value is -1.26. The lowest BCUT2D eigenvalue weighted by Gasteiger charge is -2.20. The van der Waals surface area contributed by atoms with E-state index in [9.17, 15) is 9.59 Å². The Morgan fingerprint density at radius 2 is 2.19 bits per heavy atom. The van der Waals surface area contributed by atoms with Crippen molar-refractivity contribution in [2.75, 3.05) is 7.11 Å². The number of hydrogen-bond donors (Lipinski definition) is 2. The van der Waals surface area contributed by atoms with Crippen LogP contribution in [-0.4, -0.2) is 30.3 Å². The van der Waals surface area contributed by atoms with Crippen LogP contribution in [0.2, 0.25) is 0 Å². The topological polar surface area (TPSA) is 75.6 Å². The van der Waals surface area contributed by atoms with Gasteiger partial charge in [-0.2, -0.15) is 0 Å². The molecule has 0 aromatic carbocycles. The first-order chi connectivity index (χ1) is 7.51. The van der Waals surface area contributed by atoms with Gasteiger partial charge in [0.15, 0.2) is 0 Å². The highest BCUT2D eigenvalue weighted by atomic mass is 16.5. The molecular weight excluding hydrogens is 210 g/mol. The minimum absolute atomic E-state index is 0.0541. The summed E-state index contributed by atoms with van der Waals surface area (Å²) in [6.45, 7) is 3.97. The molecule has 1 aliphatic rings. The van der Waals surface area contributed by atoms with Crippen molar-refractivity contribution in [2.24, 2.45) is 17.8 Å². The second kappa shape index (κ2) is 5.18. The number of carbonyl (C=O) groups is 2. The standard InChI is InChI=1S/C11H19NO4/c1-4-7-5-8(7)6(2)9(10(13)14)12-11(15)16-3/h6-9H,4-5H2,1-3H3,(H,12,15)(H,13,14). The van der Waals surface area contributed by atoms with Crippen LogP contribution in [0.3, 0.4) is 0 Å². The summed E-state index contributed by atoms with van der Waals surface area (Å²) in [4.78, 5) is 22.1. The molecule has 0 bridgehead atoms. The number of nitrogens with one attached hydrogen (secondary N) is 1. The van der Waals surface area contributed by atoms with Crippen molar-refractivity contribution in [3.05, 3.63) is 0 Å². The van der Waals surface area contributed by atoms with Crippen molar-refractivity contribution in [1.82, 2.24) is 5.32 Å². The van der Waals surface area contributed by atoms with Gasteiger partial charge in [0.25, 0.3) is 0 Å². The molecular formula is C11H19NO4. The highest BCUT2D eigenvalue weighted by molar-refractivity contribution is 5.80. The molecule has 0 spiro atoms. The highest BCUT2D eigenvalue weighted by Gasteiger charge is 2.44. The van der Waals surface area contributed by atoms with E-state index >= 15 is 0 Å². The van der Waals surface area contributed by atoms with Gasteiger partial charge in [-0.3, -0.25) is 0 Å². The molecule has 5 heteroatoms. The Kier molecular flexibility index (Phi) is 4.15. The zero-order chi connectivity index (χ0) is 12.3. The molecule has 0 aromatic heterocycles. The van der Waals surface area contributed by atoms with Crippen molar-refractivity contribution in [3.8, 4) is 0 Å². The second-order valence-electron chi connectivity index (χ2n) is 4.38. The number of rotatable bonds is 5. The average molecular weight is 229 g/mol. The van der Waals surface area contributed by atoms with Crippen LogP contribution in [0.15, 0.2) is 0 Å². The van der Waals surface area contributed by atoms with Gasteiger partial charge in [-0.25, -0.2) is 9.59 Å². The monoisotopic (exact) mass is 229 g/mol. The maximum atomic E-state index is 11.0. The smallest absolute Gasteiger partial charge is 0.407 e. The molecule has 16 heavy (non-hydrogen) atoms. The number of aliphatic carboxylic acids is 1. The summed E-state index contributed by atoms with van der Waals surface area (Å²) in [7, 11) is 1.23. The molecule has 1 saturated carbocycles. The summed E-state index contributed by atoms with van der Waals surface area (Å²) in [5.74, 6) is -0.0410. The van der Waals surface area contributed by atoms with Crippen molar-refractivity contribution >= 4 is 12.1 Å². The molecule has 92 valence electrons. The number of carboxylic acids is 1. The first-order valence-electron chi connectivity index (χ1n) is 5.58. The number of methoxy groups -OCH3 is 1. The summed E-state index contributed by atoms with van der Waals surface area (Å²) in [6, 6.07) is -0.853. The number of carboxylic acid groups (broad SMARTS) is 1. The van der Waals surface area contributed by atoms with Crippen LogP contribution < -0.4 is 5.32 Å². The van der Waals surface area contributed by atoms with Gasteiger partial charge >= 0.3 is 12.1 Å². The number of alkyl carbamates (subject to hydrolysis) is 1. The molecule has 1 rings (SSSR count). The zero-order valence-electron chi connectivity index (χ0n) is 9.90. The average Bonchev–Trinajstić information content (AvgIpc) is 3.03. The fourth-order valence-corrected chi connectivity index (χ4v) is 2.24. The van der Waals surface area contributed by atoms with Crippen LogP contribution in [0.5, 0.6) is 0 Å². The van der Waals surface area contributed by atoms with Crippen molar-refractivity contribution in [3.63, 3.8) is 0 Å². The fourth-order valence-electron chi connectivity index (χ4n) is 2.24. The number of ether oxygens (including phenoxy) is 1. The van der Waals surface area contributed by atoms with E-state index < -0.39 is 18.1 Å². The largest absolute Gasteiger partial charge is 0.480 e. The summed E-state index contributed by atoms with van der Waals surface area (Å²) >= 11 is 0. The molecule has 1 amide bonds. The highest BCUT2D eigenvalue weighted by Crippen LogP contribution is 2.47. The molecule has 0 aliphatic heterocycles. The third-order valence-electron chi connectivity index (χ3n) is 3.43. The quantitative estimate of drug-likeness (QED) is 0.748. The van der Waals surface area contributed by atoms with Gasteiger partial charge in [0.1, 0.15) is 6.04 Å². The lowest BCUT2D eigenvalue weighted by molar-refractivity contribution is -0.140. The number of amides is 1. The first kappa shape index (κ1) is 12.8. The summed E-state index contributed by atoms with van der Waals surface area (Å²) in [5.41, 5.74) is 0. The van der Waals surface area contributed by atoms with Gasteiger partial charge in [-0.05, 0) is 24.2 Å². The van der Waals surface area contributed by atoms with Gasteiger partial charge < -0.3 is 15.2 Å². The number of carbonyl (C=O) groups excluding carboxylic acids is 1. The van der Waals surface area contributed by atoms with Crippen molar-refractivity contribution in [2.45, 2.75) is 32.7 Å². The third-order valence-corrected chi connectivity index (χ3v) is 3.43. The van der Waals surface area contributed by atoms with Crippen molar-refractivity contribution < 1.29 is 19.4 Å². The van der Waals surface area contributed by atoms with Gasteiger partial charge in [0, 0.05) is 0 Å². The van der Waals surface area contributed by atoms with Crippen LogP contribution in [0.1, 0.15) is 26.7 Å². The van der Waals surface area contributed by atoms with Gasteiger partial charge in [0.2, 0.25) is 0 Å². The van der Waals surface area contributed by atoms with E-state index in [1.165, 1.54) is 7.11 Å². The maximum Gasteiger partial charge on any atom is 0.407 e. The van der Waals surface area contributed by atoms with Crippen LogP contribution in [0.4, 0.5) is 4.79 Å². The maximum absolute atomic E-state index is 11.0. The summed E-state index contributed by atoms with van der Waals surface area (Å²) < 4.78 is 4.42. The fraction of sp³-hybridized carbons (Fsp3) is 0.818. The Morgan fingerprint density at radius 1 is 1.56 bits per heavy atom. The van der Waals surface area contributed by atoms with E-state index in [1.54, 1.807) is 0 Å². The Balaban J connectivity index is 2.56. The molecule has 4 unspecified atom stereocenters. The lowest BCUT2D eigenvalue weighted by Crippen LogP contribution is -2.45. The van der Waals surface area contributed by atoms with Gasteiger partial charge in [0.05, 0.1) is 7.11 Å². The van der Waals surface area contributed by atoms with Gasteiger partial charge in [-0.1, -0.05) is 20.3 Å². The zero-order valence-corrected chi connectivity index (χ0v) is 9.90. The Morgan fingerprint density at radius 3 is 2.56 bits per heavy atom. The predicted molar refractivity (Wildman–Crippen MR) is 58.0 cm³/mol. The Bertz CT molecular complexity index is 279. The van der Waals surface area contributed by atoms with E-state index in [2.05, 4.69) is 17.0 Å². The minimum atomic E-state index is -1.00. The molecule has 4 atom stereocenters. The van der Waals surface area contributed by atoms with E-state index in [0.29, 0.717) is 11.8 Å². The molecule has 2 N–H and O–H groups in total. The molecule has 1 aliphatic carbocycles. The lowest BCUT2D eigenvalue weighted by atomic mass is 9.95.